The molecule has 6 rings (SSSR count). The number of benzene rings is 2. The Morgan fingerprint density at radius 1 is 1.15 bits per heavy atom. The molecule has 2 aromatic carbocycles. The van der Waals surface area contributed by atoms with Crippen LogP contribution in [0.4, 0.5) is 10.5 Å². The summed E-state index contributed by atoms with van der Waals surface area (Å²) < 4.78 is 1.75. The first kappa shape index (κ1) is 26.1. The van der Waals surface area contributed by atoms with Gasteiger partial charge in [0.1, 0.15) is 17.8 Å². The summed E-state index contributed by atoms with van der Waals surface area (Å²) in [5, 5.41) is 14.3. The molecule has 1 unspecified atom stereocenters. The smallest absolute Gasteiger partial charge is 0.330 e. The molecule has 0 radical (unpaired) electrons. The average molecular weight is 557 g/mol. The molecule has 3 fully saturated rings. The highest BCUT2D eigenvalue weighted by molar-refractivity contribution is 6.33. The summed E-state index contributed by atoms with van der Waals surface area (Å²) in [7, 11) is 0. The topological polar surface area (TPSA) is 103 Å². The molecule has 4 heterocycles. The van der Waals surface area contributed by atoms with Gasteiger partial charge in [-0.05, 0) is 42.7 Å². The van der Waals surface area contributed by atoms with E-state index in [2.05, 4.69) is 20.8 Å². The number of carbonyl (C=O) groups is 3. The van der Waals surface area contributed by atoms with Gasteiger partial charge in [0.2, 0.25) is 0 Å². The minimum Gasteiger partial charge on any atom is -0.330 e. The molecule has 1 aromatic heterocycles. The van der Waals surface area contributed by atoms with Crippen LogP contribution in [0, 0.1) is 18.3 Å². The summed E-state index contributed by atoms with van der Waals surface area (Å²) in [4.78, 5) is 45.9. The molecule has 0 spiro atoms. The Morgan fingerprint density at radius 3 is 2.55 bits per heavy atom. The SMILES string of the molecule is Cc1c(N2C(=O)[C@@H]3C4C[C@H](CN4C(=O)c4cc(C(C)(C)C)nn4Cc4ccccc4)N3C2=O)ccc(C#N)c1Cl. The molecule has 2 bridgehead atoms. The Bertz CT molecular complexity index is 1600. The Balaban J connectivity index is 1.32. The first-order valence-electron chi connectivity index (χ1n) is 13.3. The molecule has 4 amide bonds. The van der Waals surface area contributed by atoms with Crippen LogP contribution in [0.1, 0.15) is 60.1 Å². The van der Waals surface area contributed by atoms with Gasteiger partial charge in [-0.2, -0.15) is 10.4 Å². The molecule has 3 aliphatic rings. The van der Waals surface area contributed by atoms with Crippen molar-refractivity contribution in [3.8, 4) is 6.07 Å². The molecule has 3 aromatic rings. The van der Waals surface area contributed by atoms with E-state index in [4.69, 9.17) is 16.7 Å². The molecule has 3 saturated heterocycles. The molecule has 0 aliphatic carbocycles. The average Bonchev–Trinajstić information content (AvgIpc) is 3.68. The summed E-state index contributed by atoms with van der Waals surface area (Å²) in [6.07, 6.45) is 0.549. The van der Waals surface area contributed by atoms with Crippen molar-refractivity contribution in [2.45, 2.75) is 64.2 Å². The van der Waals surface area contributed by atoms with E-state index in [1.165, 1.54) is 6.07 Å². The van der Waals surface area contributed by atoms with Crippen molar-refractivity contribution in [2.24, 2.45) is 0 Å². The van der Waals surface area contributed by atoms with Crippen LogP contribution in [0.3, 0.4) is 0 Å². The van der Waals surface area contributed by atoms with Crippen LogP contribution < -0.4 is 4.90 Å². The van der Waals surface area contributed by atoms with Crippen LogP contribution in [0.15, 0.2) is 48.5 Å². The van der Waals surface area contributed by atoms with E-state index in [0.717, 1.165) is 16.2 Å². The third-order valence-corrected chi connectivity index (χ3v) is 8.67. The van der Waals surface area contributed by atoms with Crippen molar-refractivity contribution in [3.63, 3.8) is 0 Å². The fourth-order valence-corrected chi connectivity index (χ4v) is 6.30. The highest BCUT2D eigenvalue weighted by Gasteiger charge is 2.63. The molecular weight excluding hydrogens is 528 g/mol. The van der Waals surface area contributed by atoms with E-state index in [9.17, 15) is 19.6 Å². The number of piperazine rings is 1. The second-order valence-electron chi connectivity index (χ2n) is 11.7. The normalized spacial score (nSPS) is 21.8. The zero-order chi connectivity index (χ0) is 28.5. The van der Waals surface area contributed by atoms with Crippen molar-refractivity contribution >= 4 is 35.1 Å². The Kier molecular flexibility index (Phi) is 6.00. The number of hydrogen-bond acceptors (Lipinski definition) is 5. The monoisotopic (exact) mass is 556 g/mol. The molecule has 0 N–H and O–H groups in total. The van der Waals surface area contributed by atoms with Crippen molar-refractivity contribution < 1.29 is 14.4 Å². The van der Waals surface area contributed by atoms with Crippen LogP contribution >= 0.6 is 11.6 Å². The number of aromatic nitrogens is 2. The number of anilines is 1. The lowest BCUT2D eigenvalue weighted by molar-refractivity contribution is -0.121. The number of nitrogens with zero attached hydrogens (tertiary/aromatic N) is 6. The Morgan fingerprint density at radius 2 is 1.88 bits per heavy atom. The van der Waals surface area contributed by atoms with Crippen LogP contribution in [-0.4, -0.2) is 62.1 Å². The number of urea groups is 1. The predicted octanol–water partition coefficient (Wildman–Crippen LogP) is 4.50. The third-order valence-electron chi connectivity index (χ3n) is 8.19. The van der Waals surface area contributed by atoms with Crippen molar-refractivity contribution in [1.82, 2.24) is 19.6 Å². The van der Waals surface area contributed by atoms with Crippen molar-refractivity contribution in [2.75, 3.05) is 11.4 Å². The summed E-state index contributed by atoms with van der Waals surface area (Å²) >= 11 is 6.36. The molecule has 3 atom stereocenters. The second kappa shape index (κ2) is 9.20. The van der Waals surface area contributed by atoms with E-state index in [1.807, 2.05) is 42.5 Å². The molecule has 3 aliphatic heterocycles. The van der Waals surface area contributed by atoms with Gasteiger partial charge in [0.05, 0.1) is 40.6 Å². The highest BCUT2D eigenvalue weighted by Crippen LogP contribution is 2.44. The number of fused-ring (bicyclic) bond motifs is 5. The number of rotatable bonds is 4. The molecular formula is C30H29ClN6O3. The zero-order valence-corrected chi connectivity index (χ0v) is 23.5. The van der Waals surface area contributed by atoms with E-state index >= 15 is 0 Å². The number of nitriles is 1. The maximum absolute atomic E-state index is 14.1. The lowest BCUT2D eigenvalue weighted by atomic mass is 9.92. The van der Waals surface area contributed by atoms with Gasteiger partial charge in [0.25, 0.3) is 11.8 Å². The highest BCUT2D eigenvalue weighted by atomic mass is 35.5. The molecule has 0 saturated carbocycles. The maximum Gasteiger partial charge on any atom is 0.332 e. The van der Waals surface area contributed by atoms with E-state index in [-0.39, 0.29) is 33.9 Å². The second-order valence-corrected chi connectivity index (χ2v) is 12.1. The van der Waals surface area contributed by atoms with Gasteiger partial charge in [-0.25, -0.2) is 9.69 Å². The van der Waals surface area contributed by atoms with Crippen molar-refractivity contribution in [3.05, 3.63) is 81.6 Å². The largest absolute Gasteiger partial charge is 0.332 e. The number of carbonyl (C=O) groups excluding carboxylic acids is 3. The standard InChI is InChI=1S/C30H29ClN6O3/c1-17-21(11-10-19(14-32)25(17)31)37-28(39)26-22-12-20(36(26)29(37)40)16-34(22)27(38)23-13-24(30(2,3)4)33-35(23)15-18-8-6-5-7-9-18/h5-11,13,20,22,26H,12,15-16H2,1-4H3/t20-,22?,26+/m1/s1. The van der Waals surface area contributed by atoms with Gasteiger partial charge in [-0.15, -0.1) is 0 Å². The number of amides is 4. The minimum atomic E-state index is -0.767. The summed E-state index contributed by atoms with van der Waals surface area (Å²) in [6.45, 7) is 8.65. The van der Waals surface area contributed by atoms with Crippen LogP contribution in [0.25, 0.3) is 0 Å². The van der Waals surface area contributed by atoms with Gasteiger partial charge in [0, 0.05) is 12.0 Å². The third kappa shape index (κ3) is 3.89. The first-order chi connectivity index (χ1) is 19.0. The lowest BCUT2D eigenvalue weighted by Crippen LogP contribution is -2.55. The van der Waals surface area contributed by atoms with E-state index < -0.39 is 18.1 Å². The molecule has 40 heavy (non-hydrogen) atoms. The zero-order valence-electron chi connectivity index (χ0n) is 22.8. The van der Waals surface area contributed by atoms with Crippen LogP contribution in [0.5, 0.6) is 0 Å². The quantitative estimate of drug-likeness (QED) is 0.440. The summed E-state index contributed by atoms with van der Waals surface area (Å²) in [6, 6.07) is 14.9. The van der Waals surface area contributed by atoms with Gasteiger partial charge < -0.3 is 9.80 Å². The van der Waals surface area contributed by atoms with Crippen LogP contribution in [-0.2, 0) is 16.8 Å². The number of hydrogen-bond donors (Lipinski definition) is 0. The Labute approximate surface area is 237 Å². The van der Waals surface area contributed by atoms with Gasteiger partial charge >= 0.3 is 6.03 Å². The Hall–Kier alpha value is -4.16. The predicted molar refractivity (Wildman–Crippen MR) is 149 cm³/mol. The number of halogens is 1. The minimum absolute atomic E-state index is 0.192. The van der Waals surface area contributed by atoms with Gasteiger partial charge in [-0.1, -0.05) is 62.7 Å². The lowest BCUT2D eigenvalue weighted by Gasteiger charge is -2.34. The maximum atomic E-state index is 14.1. The first-order valence-corrected chi connectivity index (χ1v) is 13.7. The van der Waals surface area contributed by atoms with Crippen LogP contribution in [0.2, 0.25) is 5.02 Å². The molecule has 204 valence electrons. The number of imide groups is 1. The fourth-order valence-electron chi connectivity index (χ4n) is 6.10. The van der Waals surface area contributed by atoms with Crippen molar-refractivity contribution in [1.29, 1.82) is 5.26 Å². The fraction of sp³-hybridized carbons (Fsp3) is 0.367. The van der Waals surface area contributed by atoms with E-state index in [0.29, 0.717) is 36.5 Å². The summed E-state index contributed by atoms with van der Waals surface area (Å²) in [5.41, 5.74) is 3.18. The van der Waals surface area contributed by atoms with E-state index in [1.54, 1.807) is 27.5 Å². The summed E-state index contributed by atoms with van der Waals surface area (Å²) in [5.74, 6) is -0.575. The molecule has 9 nitrogen and oxygen atoms in total. The molecule has 10 heteroatoms. The van der Waals surface area contributed by atoms with Gasteiger partial charge in [-0.3, -0.25) is 14.3 Å². The number of likely N-dealkylation sites (tertiary alicyclic amines) is 1. The van der Waals surface area contributed by atoms with Gasteiger partial charge in [0.15, 0.2) is 0 Å².